The zero-order chi connectivity index (χ0) is 18.1. The smallest absolute Gasteiger partial charge is 0.231 e. The molecule has 0 radical (unpaired) electrons. The minimum atomic E-state index is -0.826. The number of nitrogens with zero attached hydrogens (tertiary/aromatic N) is 3. The molecule has 0 bridgehead atoms. The van der Waals surface area contributed by atoms with E-state index in [-0.39, 0.29) is 5.75 Å². The summed E-state index contributed by atoms with van der Waals surface area (Å²) in [6.07, 6.45) is 4.04. The Kier molecular flexibility index (Phi) is 4.34. The van der Waals surface area contributed by atoms with E-state index >= 15 is 0 Å². The first-order chi connectivity index (χ1) is 12.6. The lowest BCUT2D eigenvalue weighted by Crippen LogP contribution is -2.06. The standard InChI is InChI=1S/C18H17N3O4S/c1-26(23)9-3-8-24-18-7-6-17-19-11-13(21(17)20-18)16-10-12-14(22)4-2-5-15(12)25-16/h2,4-7,10-11,22H,3,8-9H2,1H3. The van der Waals surface area contributed by atoms with E-state index in [1.807, 2.05) is 6.07 Å². The highest BCUT2D eigenvalue weighted by molar-refractivity contribution is 7.84. The van der Waals surface area contributed by atoms with Crippen molar-refractivity contribution in [3.8, 4) is 23.1 Å². The summed E-state index contributed by atoms with van der Waals surface area (Å²) in [7, 11) is -0.826. The summed E-state index contributed by atoms with van der Waals surface area (Å²) in [6.45, 7) is 0.445. The molecule has 4 aromatic rings. The summed E-state index contributed by atoms with van der Waals surface area (Å²) < 4.78 is 24.2. The molecule has 0 saturated heterocycles. The minimum Gasteiger partial charge on any atom is -0.507 e. The van der Waals surface area contributed by atoms with Gasteiger partial charge in [0.2, 0.25) is 5.88 Å². The summed E-state index contributed by atoms with van der Waals surface area (Å²) >= 11 is 0. The van der Waals surface area contributed by atoms with E-state index in [4.69, 9.17) is 9.15 Å². The number of aromatic nitrogens is 3. The highest BCUT2D eigenvalue weighted by atomic mass is 32.2. The van der Waals surface area contributed by atoms with Crippen LogP contribution in [0, 0.1) is 0 Å². The van der Waals surface area contributed by atoms with Gasteiger partial charge in [0, 0.05) is 28.9 Å². The van der Waals surface area contributed by atoms with E-state index in [9.17, 15) is 9.32 Å². The van der Waals surface area contributed by atoms with Gasteiger partial charge in [0.05, 0.1) is 18.2 Å². The predicted molar refractivity (Wildman–Crippen MR) is 98.9 cm³/mol. The molecule has 0 saturated carbocycles. The first-order valence-corrected chi connectivity index (χ1v) is 9.84. The van der Waals surface area contributed by atoms with Gasteiger partial charge < -0.3 is 14.3 Å². The molecule has 3 aromatic heterocycles. The molecule has 4 rings (SSSR count). The predicted octanol–water partition coefficient (Wildman–Crippen LogP) is 3.00. The Labute approximate surface area is 151 Å². The first kappa shape index (κ1) is 16.6. The molecule has 134 valence electrons. The molecule has 26 heavy (non-hydrogen) atoms. The van der Waals surface area contributed by atoms with Crippen molar-refractivity contribution < 1.29 is 18.5 Å². The first-order valence-electron chi connectivity index (χ1n) is 8.11. The molecule has 0 aliphatic heterocycles. The molecule has 1 atom stereocenters. The van der Waals surface area contributed by atoms with Crippen LogP contribution in [0.2, 0.25) is 0 Å². The number of furan rings is 1. The fraction of sp³-hybridized carbons (Fsp3) is 0.222. The number of rotatable bonds is 6. The van der Waals surface area contributed by atoms with Gasteiger partial charge in [0.1, 0.15) is 17.0 Å². The molecule has 3 heterocycles. The van der Waals surface area contributed by atoms with Crippen molar-refractivity contribution in [3.63, 3.8) is 0 Å². The number of hydrogen-bond acceptors (Lipinski definition) is 6. The molecule has 1 aromatic carbocycles. The van der Waals surface area contributed by atoms with Crippen molar-refractivity contribution in [2.75, 3.05) is 18.6 Å². The van der Waals surface area contributed by atoms with Gasteiger partial charge in [-0.15, -0.1) is 5.10 Å². The Balaban J connectivity index is 1.65. The van der Waals surface area contributed by atoms with Crippen LogP contribution in [0.25, 0.3) is 28.1 Å². The Bertz CT molecular complexity index is 1100. The topological polar surface area (TPSA) is 89.9 Å². The summed E-state index contributed by atoms with van der Waals surface area (Å²) in [5.74, 6) is 1.77. The monoisotopic (exact) mass is 371 g/mol. The van der Waals surface area contributed by atoms with Crippen LogP contribution in [0.5, 0.6) is 11.6 Å². The van der Waals surface area contributed by atoms with E-state index in [1.54, 1.807) is 47.3 Å². The summed E-state index contributed by atoms with van der Waals surface area (Å²) in [5.41, 5.74) is 1.91. The lowest BCUT2D eigenvalue weighted by molar-refractivity contribution is 0.301. The Morgan fingerprint density at radius 3 is 3.00 bits per heavy atom. The molecule has 0 spiro atoms. The van der Waals surface area contributed by atoms with Crippen molar-refractivity contribution in [1.29, 1.82) is 0 Å². The number of phenols is 1. The van der Waals surface area contributed by atoms with Gasteiger partial charge in [-0.3, -0.25) is 4.21 Å². The molecular formula is C18H17N3O4S. The lowest BCUT2D eigenvalue weighted by atomic mass is 10.2. The van der Waals surface area contributed by atoms with E-state index in [0.717, 1.165) is 0 Å². The summed E-state index contributed by atoms with van der Waals surface area (Å²) in [6, 6.07) is 10.5. The molecule has 7 nitrogen and oxygen atoms in total. The Morgan fingerprint density at radius 2 is 2.19 bits per heavy atom. The number of phenolic OH excluding ortho intramolecular Hbond substituents is 1. The zero-order valence-corrected chi connectivity index (χ0v) is 14.9. The van der Waals surface area contributed by atoms with Crippen LogP contribution in [0.1, 0.15) is 6.42 Å². The summed E-state index contributed by atoms with van der Waals surface area (Å²) in [4.78, 5) is 4.33. The number of benzene rings is 1. The van der Waals surface area contributed by atoms with Gasteiger partial charge >= 0.3 is 0 Å². The number of fused-ring (bicyclic) bond motifs is 2. The highest BCUT2D eigenvalue weighted by Crippen LogP contribution is 2.32. The maximum Gasteiger partial charge on any atom is 0.231 e. The second-order valence-electron chi connectivity index (χ2n) is 5.86. The van der Waals surface area contributed by atoms with Crippen molar-refractivity contribution >= 4 is 27.4 Å². The lowest BCUT2D eigenvalue weighted by Gasteiger charge is -2.05. The van der Waals surface area contributed by atoms with Gasteiger partial charge in [0.25, 0.3) is 0 Å². The zero-order valence-electron chi connectivity index (χ0n) is 14.1. The average Bonchev–Trinajstić information content (AvgIpc) is 3.22. The molecule has 0 amide bonds. The van der Waals surface area contributed by atoms with Crippen molar-refractivity contribution in [2.24, 2.45) is 0 Å². The van der Waals surface area contributed by atoms with Crippen LogP contribution in [0.3, 0.4) is 0 Å². The van der Waals surface area contributed by atoms with Crippen molar-refractivity contribution in [3.05, 3.63) is 42.6 Å². The third-order valence-electron chi connectivity index (χ3n) is 3.95. The van der Waals surface area contributed by atoms with Crippen LogP contribution in [-0.4, -0.2) is 42.5 Å². The van der Waals surface area contributed by atoms with Crippen molar-refractivity contribution in [1.82, 2.24) is 14.6 Å². The van der Waals surface area contributed by atoms with E-state index in [1.165, 1.54) is 0 Å². The summed E-state index contributed by atoms with van der Waals surface area (Å²) in [5, 5.41) is 15.1. The second-order valence-corrected chi connectivity index (χ2v) is 7.42. The maximum absolute atomic E-state index is 11.1. The molecule has 1 N–H and O–H groups in total. The molecule has 0 aliphatic rings. The molecule has 8 heteroatoms. The number of imidazole rings is 1. The molecule has 0 aliphatic carbocycles. The molecular weight excluding hydrogens is 354 g/mol. The van der Waals surface area contributed by atoms with Gasteiger partial charge in [-0.25, -0.2) is 9.50 Å². The largest absolute Gasteiger partial charge is 0.507 e. The number of ether oxygens (including phenoxy) is 1. The normalized spacial score (nSPS) is 12.7. The highest BCUT2D eigenvalue weighted by Gasteiger charge is 2.14. The second kappa shape index (κ2) is 6.80. The number of hydrogen-bond donors (Lipinski definition) is 1. The fourth-order valence-electron chi connectivity index (χ4n) is 2.71. The molecule has 0 fully saturated rings. The van der Waals surface area contributed by atoms with Crippen LogP contribution in [0.4, 0.5) is 0 Å². The fourth-order valence-corrected chi connectivity index (χ4v) is 3.24. The Hall–Kier alpha value is -2.87. The SMILES string of the molecule is CS(=O)CCCOc1ccc2ncc(-c3cc4c(O)cccc4o3)n2n1. The van der Waals surface area contributed by atoms with Gasteiger partial charge in [0.15, 0.2) is 11.4 Å². The average molecular weight is 371 g/mol. The van der Waals surface area contributed by atoms with Gasteiger partial charge in [-0.05, 0) is 30.7 Å². The molecule has 1 unspecified atom stereocenters. The van der Waals surface area contributed by atoms with E-state index in [2.05, 4.69) is 10.1 Å². The van der Waals surface area contributed by atoms with Gasteiger partial charge in [-0.1, -0.05) is 6.07 Å². The van der Waals surface area contributed by atoms with E-state index in [0.29, 0.717) is 52.7 Å². The number of aromatic hydroxyl groups is 1. The van der Waals surface area contributed by atoms with E-state index < -0.39 is 10.8 Å². The third-order valence-corrected chi connectivity index (χ3v) is 4.82. The van der Waals surface area contributed by atoms with Crippen LogP contribution < -0.4 is 4.74 Å². The third kappa shape index (κ3) is 3.15. The quantitative estimate of drug-likeness (QED) is 0.524. The van der Waals surface area contributed by atoms with Gasteiger partial charge in [-0.2, -0.15) is 0 Å². The maximum atomic E-state index is 11.1. The van der Waals surface area contributed by atoms with Crippen LogP contribution in [0.15, 0.2) is 47.0 Å². The van der Waals surface area contributed by atoms with Crippen molar-refractivity contribution in [2.45, 2.75) is 6.42 Å². The van der Waals surface area contributed by atoms with Crippen LogP contribution >= 0.6 is 0 Å². The van der Waals surface area contributed by atoms with Crippen LogP contribution in [-0.2, 0) is 10.8 Å². The Morgan fingerprint density at radius 1 is 1.31 bits per heavy atom. The minimum absolute atomic E-state index is 0.164.